The summed E-state index contributed by atoms with van der Waals surface area (Å²) in [4.78, 5) is 23.5. The standard InChI is InChI=1S/C15H15F3N4O/c1-9-4-10(6-19-5-9)7-22-3-2-12-11(8-22)13(23)21-14(20-12)15(16,17)18/h4-6H,2-3,7-8H2,1H3,(H,20,21,23). The van der Waals surface area contributed by atoms with Gasteiger partial charge in [0.2, 0.25) is 5.82 Å². The van der Waals surface area contributed by atoms with E-state index in [1.165, 1.54) is 0 Å². The fraction of sp³-hybridized carbons (Fsp3) is 0.400. The molecule has 0 bridgehead atoms. The van der Waals surface area contributed by atoms with Gasteiger partial charge in [0.1, 0.15) is 0 Å². The number of aromatic amines is 1. The molecule has 3 heterocycles. The van der Waals surface area contributed by atoms with Crippen LogP contribution in [0.15, 0.2) is 23.3 Å². The van der Waals surface area contributed by atoms with E-state index in [4.69, 9.17) is 0 Å². The van der Waals surface area contributed by atoms with Crippen molar-refractivity contribution in [3.8, 4) is 0 Å². The van der Waals surface area contributed by atoms with Crippen LogP contribution < -0.4 is 5.56 Å². The van der Waals surface area contributed by atoms with Gasteiger partial charge in [-0.05, 0) is 18.1 Å². The number of hydrogen-bond donors (Lipinski definition) is 1. The highest BCUT2D eigenvalue weighted by atomic mass is 19.4. The molecule has 1 N–H and O–H groups in total. The van der Waals surface area contributed by atoms with Gasteiger partial charge in [-0.25, -0.2) is 4.98 Å². The Morgan fingerprint density at radius 3 is 2.83 bits per heavy atom. The van der Waals surface area contributed by atoms with Gasteiger partial charge in [0.15, 0.2) is 0 Å². The Bertz CT molecular complexity index is 785. The molecule has 2 aromatic rings. The van der Waals surface area contributed by atoms with Gasteiger partial charge in [-0.2, -0.15) is 13.2 Å². The fourth-order valence-corrected chi connectivity index (χ4v) is 2.71. The Labute approximate surface area is 130 Å². The summed E-state index contributed by atoms with van der Waals surface area (Å²) in [6.07, 6.45) is -0.819. The lowest BCUT2D eigenvalue weighted by Gasteiger charge is -2.27. The molecule has 8 heteroatoms. The molecule has 0 radical (unpaired) electrons. The summed E-state index contributed by atoms with van der Waals surface area (Å²) in [5, 5.41) is 0. The summed E-state index contributed by atoms with van der Waals surface area (Å²) in [7, 11) is 0. The number of alkyl halides is 3. The molecule has 0 spiro atoms. The van der Waals surface area contributed by atoms with Crippen LogP contribution in [0, 0.1) is 6.92 Å². The van der Waals surface area contributed by atoms with Crippen LogP contribution in [0.4, 0.5) is 13.2 Å². The Morgan fingerprint density at radius 1 is 1.35 bits per heavy atom. The molecule has 2 aromatic heterocycles. The minimum Gasteiger partial charge on any atom is -0.303 e. The van der Waals surface area contributed by atoms with Crippen molar-refractivity contribution >= 4 is 0 Å². The van der Waals surface area contributed by atoms with Crippen molar-refractivity contribution in [2.24, 2.45) is 0 Å². The molecule has 0 unspecified atom stereocenters. The van der Waals surface area contributed by atoms with Crippen LogP contribution in [-0.4, -0.2) is 26.4 Å². The van der Waals surface area contributed by atoms with E-state index in [2.05, 4.69) is 9.97 Å². The molecule has 1 aliphatic rings. The van der Waals surface area contributed by atoms with Crippen molar-refractivity contribution in [1.29, 1.82) is 0 Å². The van der Waals surface area contributed by atoms with Crippen molar-refractivity contribution in [2.75, 3.05) is 6.54 Å². The van der Waals surface area contributed by atoms with Crippen LogP contribution in [0.3, 0.4) is 0 Å². The number of aryl methyl sites for hydroxylation is 1. The van der Waals surface area contributed by atoms with Crippen molar-refractivity contribution < 1.29 is 13.2 Å². The summed E-state index contributed by atoms with van der Waals surface area (Å²) in [5.41, 5.74) is 1.87. The fourth-order valence-electron chi connectivity index (χ4n) is 2.71. The highest BCUT2D eigenvalue weighted by Crippen LogP contribution is 2.26. The van der Waals surface area contributed by atoms with Crippen LogP contribution in [0.5, 0.6) is 0 Å². The van der Waals surface area contributed by atoms with Crippen molar-refractivity contribution in [3.05, 3.63) is 57.0 Å². The number of fused-ring (bicyclic) bond motifs is 1. The predicted octanol–water partition coefficient (Wildman–Crippen LogP) is 2.05. The number of nitrogens with zero attached hydrogens (tertiary/aromatic N) is 3. The van der Waals surface area contributed by atoms with Crippen LogP contribution >= 0.6 is 0 Å². The number of halogens is 3. The van der Waals surface area contributed by atoms with E-state index in [-0.39, 0.29) is 12.2 Å². The van der Waals surface area contributed by atoms with Crippen LogP contribution in [0.25, 0.3) is 0 Å². The van der Waals surface area contributed by atoms with Crippen molar-refractivity contribution in [3.63, 3.8) is 0 Å². The zero-order valence-corrected chi connectivity index (χ0v) is 12.4. The van der Waals surface area contributed by atoms with E-state index in [0.29, 0.717) is 25.1 Å². The van der Waals surface area contributed by atoms with Crippen LogP contribution in [0.2, 0.25) is 0 Å². The van der Waals surface area contributed by atoms with Gasteiger partial charge in [-0.15, -0.1) is 0 Å². The second kappa shape index (κ2) is 5.77. The van der Waals surface area contributed by atoms with Gasteiger partial charge in [0.25, 0.3) is 5.56 Å². The van der Waals surface area contributed by atoms with Gasteiger partial charge in [-0.1, -0.05) is 6.07 Å². The van der Waals surface area contributed by atoms with E-state index >= 15 is 0 Å². The number of aromatic nitrogens is 3. The maximum absolute atomic E-state index is 12.7. The minimum absolute atomic E-state index is 0.236. The first-order valence-corrected chi connectivity index (χ1v) is 7.15. The Hall–Kier alpha value is -2.22. The molecule has 0 amide bonds. The van der Waals surface area contributed by atoms with Crippen molar-refractivity contribution in [1.82, 2.24) is 19.9 Å². The average Bonchev–Trinajstić information content (AvgIpc) is 2.47. The maximum Gasteiger partial charge on any atom is 0.449 e. The zero-order valence-electron chi connectivity index (χ0n) is 12.4. The van der Waals surface area contributed by atoms with Gasteiger partial charge in [0, 0.05) is 38.4 Å². The molecule has 0 atom stereocenters. The summed E-state index contributed by atoms with van der Waals surface area (Å²) in [6.45, 7) is 3.36. The topological polar surface area (TPSA) is 61.9 Å². The average molecular weight is 324 g/mol. The second-order valence-electron chi connectivity index (χ2n) is 5.67. The first-order valence-electron chi connectivity index (χ1n) is 7.15. The number of pyridine rings is 1. The van der Waals surface area contributed by atoms with E-state index in [0.717, 1.165) is 11.1 Å². The number of H-pyrrole nitrogens is 1. The first-order chi connectivity index (χ1) is 10.8. The third kappa shape index (κ3) is 3.42. The lowest BCUT2D eigenvalue weighted by Crippen LogP contribution is -2.36. The number of rotatable bonds is 2. The molecule has 1 aliphatic heterocycles. The molecule has 122 valence electrons. The van der Waals surface area contributed by atoms with E-state index in [9.17, 15) is 18.0 Å². The van der Waals surface area contributed by atoms with Gasteiger partial charge >= 0.3 is 6.18 Å². The molecule has 0 saturated carbocycles. The SMILES string of the molecule is Cc1cncc(CN2CCc3nc(C(F)(F)F)[nH]c(=O)c3C2)c1. The highest BCUT2D eigenvalue weighted by Gasteiger charge is 2.35. The summed E-state index contributed by atoms with van der Waals surface area (Å²) < 4.78 is 38.1. The molecule has 0 aromatic carbocycles. The molecule has 0 fully saturated rings. The highest BCUT2D eigenvalue weighted by molar-refractivity contribution is 5.22. The van der Waals surface area contributed by atoms with Gasteiger partial charge < -0.3 is 4.98 Å². The monoisotopic (exact) mass is 324 g/mol. The van der Waals surface area contributed by atoms with E-state index in [1.54, 1.807) is 12.4 Å². The second-order valence-corrected chi connectivity index (χ2v) is 5.67. The first kappa shape index (κ1) is 15.7. The maximum atomic E-state index is 12.7. The van der Waals surface area contributed by atoms with Gasteiger partial charge in [-0.3, -0.25) is 14.7 Å². The van der Waals surface area contributed by atoms with Crippen molar-refractivity contribution in [2.45, 2.75) is 32.6 Å². The lowest BCUT2D eigenvalue weighted by molar-refractivity contribution is -0.145. The molecule has 3 rings (SSSR count). The number of hydrogen-bond acceptors (Lipinski definition) is 4. The molecular weight excluding hydrogens is 309 g/mol. The predicted molar refractivity (Wildman–Crippen MR) is 76.7 cm³/mol. The molecule has 0 aliphatic carbocycles. The van der Waals surface area contributed by atoms with Crippen LogP contribution in [-0.2, 0) is 25.7 Å². The quantitative estimate of drug-likeness (QED) is 0.918. The van der Waals surface area contributed by atoms with E-state index < -0.39 is 17.6 Å². The normalized spacial score (nSPS) is 15.5. The third-order valence-electron chi connectivity index (χ3n) is 3.75. The smallest absolute Gasteiger partial charge is 0.303 e. The lowest BCUT2D eigenvalue weighted by atomic mass is 10.1. The van der Waals surface area contributed by atoms with Crippen LogP contribution in [0.1, 0.15) is 28.2 Å². The largest absolute Gasteiger partial charge is 0.449 e. The molecule has 0 saturated heterocycles. The number of nitrogens with one attached hydrogen (secondary N) is 1. The molecule has 23 heavy (non-hydrogen) atoms. The minimum atomic E-state index is -4.64. The summed E-state index contributed by atoms with van der Waals surface area (Å²) in [5.74, 6) is -1.22. The Morgan fingerprint density at radius 2 is 2.13 bits per heavy atom. The third-order valence-corrected chi connectivity index (χ3v) is 3.75. The molecular formula is C15H15F3N4O. The zero-order chi connectivity index (χ0) is 16.6. The summed E-state index contributed by atoms with van der Waals surface area (Å²) >= 11 is 0. The molecule has 5 nitrogen and oxygen atoms in total. The Balaban J connectivity index is 1.83. The Kier molecular flexibility index (Phi) is 3.93. The van der Waals surface area contributed by atoms with E-state index in [1.807, 2.05) is 22.9 Å². The summed E-state index contributed by atoms with van der Waals surface area (Å²) in [6, 6.07) is 2.00. The van der Waals surface area contributed by atoms with Gasteiger partial charge in [0.05, 0.1) is 11.3 Å².